The first-order chi connectivity index (χ1) is 9.45. The fourth-order valence-electron chi connectivity index (χ4n) is 1.88. The Morgan fingerprint density at radius 3 is 2.70 bits per heavy atom. The van der Waals surface area contributed by atoms with Crippen LogP contribution in [-0.4, -0.2) is 13.2 Å². The summed E-state index contributed by atoms with van der Waals surface area (Å²) in [7, 11) is 2.07. The molecule has 20 heavy (non-hydrogen) atoms. The van der Waals surface area contributed by atoms with Gasteiger partial charge >= 0.3 is 0 Å². The van der Waals surface area contributed by atoms with Crippen molar-refractivity contribution in [2.24, 2.45) is 0 Å². The fraction of sp³-hybridized carbons (Fsp3) is 0.333. The lowest BCUT2D eigenvalue weighted by atomic mass is 10.2. The van der Waals surface area contributed by atoms with Crippen LogP contribution >= 0.6 is 27.3 Å². The fourth-order valence-corrected chi connectivity index (χ4v) is 3.38. The third-order valence-electron chi connectivity index (χ3n) is 2.82. The second kappa shape index (κ2) is 6.50. The maximum Gasteiger partial charge on any atom is 0.144 e. The maximum atomic E-state index is 5.95. The number of nitrogens with two attached hydrogens (primary N) is 1. The van der Waals surface area contributed by atoms with Crippen LogP contribution in [0.15, 0.2) is 34.1 Å². The predicted molar refractivity (Wildman–Crippen MR) is 90.7 cm³/mol. The number of thiophene rings is 1. The summed E-state index contributed by atoms with van der Waals surface area (Å²) in [5.74, 6) is 0.747. The first-order valence-electron chi connectivity index (χ1n) is 6.46. The molecule has 0 radical (unpaired) electrons. The van der Waals surface area contributed by atoms with E-state index < -0.39 is 0 Å². The summed E-state index contributed by atoms with van der Waals surface area (Å²) in [5.41, 5.74) is 7.72. The Morgan fingerprint density at radius 1 is 1.35 bits per heavy atom. The van der Waals surface area contributed by atoms with E-state index in [4.69, 9.17) is 10.5 Å². The Bertz CT molecular complexity index is 583. The number of hydrogen-bond donors (Lipinski definition) is 1. The van der Waals surface area contributed by atoms with Crippen LogP contribution in [0, 0.1) is 0 Å². The molecule has 0 aliphatic carbocycles. The molecule has 0 saturated carbocycles. The molecule has 0 spiro atoms. The zero-order valence-electron chi connectivity index (χ0n) is 11.9. The van der Waals surface area contributed by atoms with E-state index in [-0.39, 0.29) is 6.10 Å². The predicted octanol–water partition coefficient (Wildman–Crippen LogP) is 4.52. The molecule has 0 atom stereocenters. The van der Waals surface area contributed by atoms with Crippen LogP contribution in [0.1, 0.15) is 18.7 Å². The maximum absolute atomic E-state index is 5.95. The molecule has 1 heterocycles. The quantitative estimate of drug-likeness (QED) is 0.802. The molecule has 1 aromatic carbocycles. The number of nitrogen functional groups attached to an aromatic ring is 1. The molecule has 1 aromatic heterocycles. The molecule has 5 heteroatoms. The van der Waals surface area contributed by atoms with E-state index in [1.165, 1.54) is 4.88 Å². The van der Waals surface area contributed by atoms with Crippen molar-refractivity contribution >= 4 is 38.6 Å². The van der Waals surface area contributed by atoms with E-state index >= 15 is 0 Å². The summed E-state index contributed by atoms with van der Waals surface area (Å²) in [5, 5.41) is 2.10. The average molecular weight is 355 g/mol. The lowest BCUT2D eigenvalue weighted by Gasteiger charge is -2.21. The van der Waals surface area contributed by atoms with Gasteiger partial charge in [-0.25, -0.2) is 0 Å². The van der Waals surface area contributed by atoms with E-state index in [1.807, 2.05) is 32.0 Å². The van der Waals surface area contributed by atoms with Crippen molar-refractivity contribution in [3.63, 3.8) is 0 Å². The molecular weight excluding hydrogens is 336 g/mol. The summed E-state index contributed by atoms with van der Waals surface area (Å²) in [6, 6.07) is 8.06. The molecule has 2 rings (SSSR count). The third kappa shape index (κ3) is 3.90. The second-order valence-corrected chi connectivity index (χ2v) is 6.89. The monoisotopic (exact) mass is 354 g/mol. The summed E-state index contributed by atoms with van der Waals surface area (Å²) in [4.78, 5) is 3.49. The highest BCUT2D eigenvalue weighted by Crippen LogP contribution is 2.29. The van der Waals surface area contributed by atoms with Crippen molar-refractivity contribution in [3.8, 4) is 5.75 Å². The zero-order valence-corrected chi connectivity index (χ0v) is 14.3. The van der Waals surface area contributed by atoms with Gasteiger partial charge in [-0.1, -0.05) is 0 Å². The molecule has 2 N–H and O–H groups in total. The van der Waals surface area contributed by atoms with Gasteiger partial charge < -0.3 is 15.4 Å². The van der Waals surface area contributed by atoms with Gasteiger partial charge in [-0.05, 0) is 48.0 Å². The van der Waals surface area contributed by atoms with Gasteiger partial charge in [-0.3, -0.25) is 0 Å². The number of anilines is 2. The van der Waals surface area contributed by atoms with Crippen LogP contribution in [0.25, 0.3) is 0 Å². The van der Waals surface area contributed by atoms with Gasteiger partial charge in [0.15, 0.2) is 0 Å². The van der Waals surface area contributed by atoms with Crippen molar-refractivity contribution in [1.82, 2.24) is 0 Å². The molecule has 0 bridgehead atoms. The summed E-state index contributed by atoms with van der Waals surface area (Å²) >= 11 is 5.23. The largest absolute Gasteiger partial charge is 0.489 e. The molecule has 0 saturated heterocycles. The zero-order chi connectivity index (χ0) is 14.7. The molecule has 0 fully saturated rings. The van der Waals surface area contributed by atoms with Crippen LogP contribution < -0.4 is 15.4 Å². The average Bonchev–Trinajstić information content (AvgIpc) is 2.77. The van der Waals surface area contributed by atoms with Gasteiger partial charge in [-0.2, -0.15) is 0 Å². The molecule has 108 valence electrons. The minimum Gasteiger partial charge on any atom is -0.489 e. The highest BCUT2D eigenvalue weighted by Gasteiger charge is 2.09. The van der Waals surface area contributed by atoms with Crippen molar-refractivity contribution in [1.29, 1.82) is 0 Å². The number of halogens is 1. The van der Waals surface area contributed by atoms with Gasteiger partial charge in [0.1, 0.15) is 5.75 Å². The van der Waals surface area contributed by atoms with Gasteiger partial charge in [0, 0.05) is 33.5 Å². The first kappa shape index (κ1) is 15.2. The van der Waals surface area contributed by atoms with Gasteiger partial charge in [0.25, 0.3) is 0 Å². The van der Waals surface area contributed by atoms with Crippen LogP contribution in [0.3, 0.4) is 0 Å². The van der Waals surface area contributed by atoms with Crippen LogP contribution in [0.5, 0.6) is 5.75 Å². The van der Waals surface area contributed by atoms with Crippen molar-refractivity contribution in [2.75, 3.05) is 17.7 Å². The molecule has 3 nitrogen and oxygen atoms in total. The molecule has 0 aliphatic heterocycles. The molecule has 2 aromatic rings. The standard InChI is InChI=1S/C15H19BrN2OS/c1-10(2)19-15-7-12(4-5-14(15)17)18(3)8-13-6-11(16)9-20-13/h4-7,9-10H,8,17H2,1-3H3. The third-order valence-corrected chi connectivity index (χ3v) is 4.50. The first-order valence-corrected chi connectivity index (χ1v) is 8.13. The number of rotatable bonds is 5. The van der Waals surface area contributed by atoms with E-state index in [9.17, 15) is 0 Å². The van der Waals surface area contributed by atoms with E-state index in [1.54, 1.807) is 11.3 Å². The number of benzene rings is 1. The van der Waals surface area contributed by atoms with Gasteiger partial charge in [0.2, 0.25) is 0 Å². The Kier molecular flexibility index (Phi) is 4.94. The van der Waals surface area contributed by atoms with E-state index in [0.717, 1.165) is 22.5 Å². The van der Waals surface area contributed by atoms with E-state index in [2.05, 4.69) is 39.3 Å². The summed E-state index contributed by atoms with van der Waals surface area (Å²) in [6.07, 6.45) is 0.117. The Hall–Kier alpha value is -1.20. The normalized spacial score (nSPS) is 10.8. The SMILES string of the molecule is CC(C)Oc1cc(N(C)Cc2cc(Br)cs2)ccc1N. The Labute approximate surface area is 132 Å². The van der Waals surface area contributed by atoms with Crippen molar-refractivity contribution in [3.05, 3.63) is 39.0 Å². The highest BCUT2D eigenvalue weighted by atomic mass is 79.9. The lowest BCUT2D eigenvalue weighted by Crippen LogP contribution is -2.16. The van der Waals surface area contributed by atoms with Crippen LogP contribution in [-0.2, 0) is 6.54 Å². The minimum absolute atomic E-state index is 0.117. The Balaban J connectivity index is 2.15. The topological polar surface area (TPSA) is 38.5 Å². The molecule has 0 unspecified atom stereocenters. The van der Waals surface area contributed by atoms with Crippen LogP contribution in [0.4, 0.5) is 11.4 Å². The van der Waals surface area contributed by atoms with Gasteiger partial charge in [-0.15, -0.1) is 11.3 Å². The highest BCUT2D eigenvalue weighted by molar-refractivity contribution is 9.10. The van der Waals surface area contributed by atoms with Crippen LogP contribution in [0.2, 0.25) is 0 Å². The second-order valence-electron chi connectivity index (χ2n) is 4.98. The van der Waals surface area contributed by atoms with Crippen molar-refractivity contribution in [2.45, 2.75) is 26.5 Å². The summed E-state index contributed by atoms with van der Waals surface area (Å²) in [6.45, 7) is 4.86. The van der Waals surface area contributed by atoms with E-state index in [0.29, 0.717) is 5.69 Å². The number of hydrogen-bond acceptors (Lipinski definition) is 4. The van der Waals surface area contributed by atoms with Crippen molar-refractivity contribution < 1.29 is 4.74 Å². The van der Waals surface area contributed by atoms with Gasteiger partial charge in [0.05, 0.1) is 18.3 Å². The molecule has 0 amide bonds. The Morgan fingerprint density at radius 2 is 2.10 bits per heavy atom. The smallest absolute Gasteiger partial charge is 0.144 e. The number of nitrogens with zero attached hydrogens (tertiary/aromatic N) is 1. The molecular formula is C15H19BrN2OS. The molecule has 0 aliphatic rings. The summed E-state index contributed by atoms with van der Waals surface area (Å²) < 4.78 is 6.87. The lowest BCUT2D eigenvalue weighted by molar-refractivity contribution is 0.244. The minimum atomic E-state index is 0.117. The number of ether oxygens (including phenoxy) is 1.